The van der Waals surface area contributed by atoms with Crippen LogP contribution in [0.3, 0.4) is 0 Å². The van der Waals surface area contributed by atoms with Crippen LogP contribution in [0.5, 0.6) is 11.6 Å². The molecular formula is C15H17NO2. The summed E-state index contributed by atoms with van der Waals surface area (Å²) in [6.07, 6.45) is 2.04. The Balaban J connectivity index is 2.12. The van der Waals surface area contributed by atoms with Crippen LogP contribution in [-0.2, 0) is 6.42 Å². The molecule has 1 aromatic heterocycles. The van der Waals surface area contributed by atoms with Crippen molar-refractivity contribution in [2.45, 2.75) is 32.3 Å². The number of methoxy groups -OCH3 is 1. The number of ether oxygens (including phenoxy) is 2. The quantitative estimate of drug-likeness (QED) is 0.769. The predicted molar refractivity (Wildman–Crippen MR) is 71.3 cm³/mol. The minimum Gasteiger partial charge on any atom is -0.497 e. The minimum absolute atomic E-state index is 0.111. The lowest BCUT2D eigenvalue weighted by Gasteiger charge is -2.31. The van der Waals surface area contributed by atoms with E-state index in [0.29, 0.717) is 0 Å². The zero-order chi connectivity index (χ0) is 12.8. The number of pyridine rings is 1. The molecule has 0 fully saturated rings. The highest BCUT2D eigenvalue weighted by molar-refractivity contribution is 5.81. The van der Waals surface area contributed by atoms with Crippen LogP contribution in [0.2, 0.25) is 0 Å². The van der Waals surface area contributed by atoms with E-state index in [1.54, 1.807) is 7.11 Å². The topological polar surface area (TPSA) is 31.4 Å². The highest BCUT2D eigenvalue weighted by Crippen LogP contribution is 2.34. The number of aryl methyl sites for hydroxylation is 1. The van der Waals surface area contributed by atoms with Crippen LogP contribution >= 0.6 is 0 Å². The fourth-order valence-corrected chi connectivity index (χ4v) is 2.32. The molecule has 94 valence electrons. The van der Waals surface area contributed by atoms with E-state index in [1.165, 1.54) is 5.56 Å². The van der Waals surface area contributed by atoms with Gasteiger partial charge in [0.15, 0.2) is 0 Å². The smallest absolute Gasteiger partial charge is 0.217 e. The first kappa shape index (κ1) is 11.3. The van der Waals surface area contributed by atoms with Crippen LogP contribution < -0.4 is 9.47 Å². The van der Waals surface area contributed by atoms with Gasteiger partial charge in [-0.05, 0) is 51.0 Å². The lowest BCUT2D eigenvalue weighted by molar-refractivity contribution is 0.0789. The zero-order valence-electron chi connectivity index (χ0n) is 11.0. The minimum atomic E-state index is -0.111. The molecule has 0 bridgehead atoms. The first-order chi connectivity index (χ1) is 8.57. The van der Waals surface area contributed by atoms with Gasteiger partial charge in [-0.1, -0.05) is 0 Å². The molecule has 0 radical (unpaired) electrons. The number of aromatic nitrogens is 1. The number of hydrogen-bond donors (Lipinski definition) is 0. The molecule has 2 heterocycles. The maximum atomic E-state index is 5.94. The Morgan fingerprint density at radius 1 is 1.28 bits per heavy atom. The summed E-state index contributed by atoms with van der Waals surface area (Å²) in [5.74, 6) is 1.64. The second-order valence-corrected chi connectivity index (χ2v) is 5.37. The maximum Gasteiger partial charge on any atom is 0.217 e. The van der Waals surface area contributed by atoms with Crippen molar-refractivity contribution in [2.24, 2.45) is 0 Å². The third-order valence-electron chi connectivity index (χ3n) is 3.43. The Morgan fingerprint density at radius 3 is 2.89 bits per heavy atom. The SMILES string of the molecule is COc1ccc2nc3c(cc2c1)CCC(C)(C)O3. The zero-order valence-corrected chi connectivity index (χ0v) is 11.0. The molecule has 0 saturated carbocycles. The van der Waals surface area contributed by atoms with Crippen molar-refractivity contribution in [1.29, 1.82) is 0 Å². The average molecular weight is 243 g/mol. The van der Waals surface area contributed by atoms with Crippen molar-refractivity contribution in [1.82, 2.24) is 4.98 Å². The van der Waals surface area contributed by atoms with E-state index >= 15 is 0 Å². The Hall–Kier alpha value is -1.77. The first-order valence-electron chi connectivity index (χ1n) is 6.24. The summed E-state index contributed by atoms with van der Waals surface area (Å²) in [6.45, 7) is 4.21. The Morgan fingerprint density at radius 2 is 2.11 bits per heavy atom. The van der Waals surface area contributed by atoms with E-state index in [4.69, 9.17) is 9.47 Å². The molecule has 0 amide bonds. The van der Waals surface area contributed by atoms with Crippen molar-refractivity contribution in [2.75, 3.05) is 7.11 Å². The predicted octanol–water partition coefficient (Wildman–Crippen LogP) is 3.35. The number of benzene rings is 1. The van der Waals surface area contributed by atoms with Crippen LogP contribution in [0.4, 0.5) is 0 Å². The third kappa shape index (κ3) is 1.90. The van der Waals surface area contributed by atoms with Crippen LogP contribution in [0, 0.1) is 0 Å². The second-order valence-electron chi connectivity index (χ2n) is 5.37. The lowest BCUT2D eigenvalue weighted by atomic mass is 9.95. The molecule has 1 aliphatic heterocycles. The summed E-state index contributed by atoms with van der Waals surface area (Å²) in [5.41, 5.74) is 2.03. The summed E-state index contributed by atoms with van der Waals surface area (Å²) in [4.78, 5) is 4.61. The largest absolute Gasteiger partial charge is 0.497 e. The summed E-state index contributed by atoms with van der Waals surface area (Å²) in [5, 5.41) is 1.11. The van der Waals surface area contributed by atoms with Gasteiger partial charge >= 0.3 is 0 Å². The molecule has 3 rings (SSSR count). The molecule has 1 aliphatic rings. The molecule has 0 aliphatic carbocycles. The Bertz CT molecular complexity index is 605. The average Bonchev–Trinajstić information content (AvgIpc) is 2.35. The van der Waals surface area contributed by atoms with E-state index in [-0.39, 0.29) is 5.60 Å². The second kappa shape index (κ2) is 3.87. The molecular weight excluding hydrogens is 226 g/mol. The summed E-state index contributed by atoms with van der Waals surface area (Å²) in [7, 11) is 1.68. The molecule has 0 unspecified atom stereocenters. The standard InChI is InChI=1S/C15H17NO2/c1-15(2)7-6-10-8-11-9-12(17-3)4-5-13(11)16-14(10)18-15/h4-5,8-9H,6-7H2,1-3H3. The first-order valence-corrected chi connectivity index (χ1v) is 6.24. The summed E-state index contributed by atoms with van der Waals surface area (Å²) < 4.78 is 11.2. The van der Waals surface area contributed by atoms with Gasteiger partial charge in [0.05, 0.1) is 12.6 Å². The van der Waals surface area contributed by atoms with E-state index in [9.17, 15) is 0 Å². The number of nitrogens with zero attached hydrogens (tertiary/aromatic N) is 1. The molecule has 3 nitrogen and oxygen atoms in total. The molecule has 3 heteroatoms. The van der Waals surface area contributed by atoms with Gasteiger partial charge in [0, 0.05) is 10.9 Å². The van der Waals surface area contributed by atoms with Gasteiger partial charge in [0.2, 0.25) is 5.88 Å². The molecule has 0 atom stereocenters. The third-order valence-corrected chi connectivity index (χ3v) is 3.43. The summed E-state index contributed by atoms with van der Waals surface area (Å²) in [6, 6.07) is 8.08. The van der Waals surface area contributed by atoms with Gasteiger partial charge in [-0.2, -0.15) is 0 Å². The highest BCUT2D eigenvalue weighted by Gasteiger charge is 2.27. The van der Waals surface area contributed by atoms with Gasteiger partial charge < -0.3 is 9.47 Å². The van der Waals surface area contributed by atoms with E-state index in [1.807, 2.05) is 18.2 Å². The van der Waals surface area contributed by atoms with Crippen LogP contribution in [-0.4, -0.2) is 17.7 Å². The number of hydrogen-bond acceptors (Lipinski definition) is 3. The van der Waals surface area contributed by atoms with Crippen LogP contribution in [0.1, 0.15) is 25.8 Å². The van der Waals surface area contributed by atoms with Crippen molar-refractivity contribution in [3.05, 3.63) is 29.8 Å². The van der Waals surface area contributed by atoms with Gasteiger partial charge in [-0.3, -0.25) is 0 Å². The molecule has 0 N–H and O–H groups in total. The molecule has 1 aromatic carbocycles. The van der Waals surface area contributed by atoms with Crippen LogP contribution in [0.25, 0.3) is 10.9 Å². The normalized spacial score (nSPS) is 17.1. The van der Waals surface area contributed by atoms with Crippen molar-refractivity contribution < 1.29 is 9.47 Å². The van der Waals surface area contributed by atoms with Gasteiger partial charge in [0.25, 0.3) is 0 Å². The monoisotopic (exact) mass is 243 g/mol. The van der Waals surface area contributed by atoms with Crippen molar-refractivity contribution in [3.8, 4) is 11.6 Å². The fourth-order valence-electron chi connectivity index (χ4n) is 2.32. The lowest BCUT2D eigenvalue weighted by Crippen LogP contribution is -2.33. The molecule has 0 saturated heterocycles. The Labute approximate surface area is 107 Å². The summed E-state index contributed by atoms with van der Waals surface area (Å²) >= 11 is 0. The van der Waals surface area contributed by atoms with E-state index in [2.05, 4.69) is 24.9 Å². The number of fused-ring (bicyclic) bond motifs is 2. The van der Waals surface area contributed by atoms with Crippen LogP contribution in [0.15, 0.2) is 24.3 Å². The Kier molecular flexibility index (Phi) is 2.44. The van der Waals surface area contributed by atoms with Crippen molar-refractivity contribution in [3.63, 3.8) is 0 Å². The van der Waals surface area contributed by atoms with E-state index < -0.39 is 0 Å². The molecule has 0 spiro atoms. The number of rotatable bonds is 1. The van der Waals surface area contributed by atoms with Gasteiger partial charge in [-0.25, -0.2) is 4.98 Å². The van der Waals surface area contributed by atoms with Crippen molar-refractivity contribution >= 4 is 10.9 Å². The molecule has 2 aromatic rings. The van der Waals surface area contributed by atoms with E-state index in [0.717, 1.165) is 35.4 Å². The van der Waals surface area contributed by atoms with Gasteiger partial charge in [0.1, 0.15) is 11.4 Å². The highest BCUT2D eigenvalue weighted by atomic mass is 16.5. The maximum absolute atomic E-state index is 5.94. The fraction of sp³-hybridized carbons (Fsp3) is 0.400. The molecule has 18 heavy (non-hydrogen) atoms. The van der Waals surface area contributed by atoms with Gasteiger partial charge in [-0.15, -0.1) is 0 Å².